The number of aromatic nitrogens is 2. The molecular formula is C53H37N3O. The van der Waals surface area contributed by atoms with Gasteiger partial charge in [0.1, 0.15) is 5.52 Å². The van der Waals surface area contributed by atoms with E-state index in [9.17, 15) is 0 Å². The summed E-state index contributed by atoms with van der Waals surface area (Å²) >= 11 is 0. The van der Waals surface area contributed by atoms with Gasteiger partial charge in [0.05, 0.1) is 17.1 Å². The molecule has 270 valence electrons. The molecule has 2 heterocycles. The maximum absolute atomic E-state index is 6.22. The van der Waals surface area contributed by atoms with Crippen molar-refractivity contribution >= 4 is 60.7 Å². The Bertz CT molecular complexity index is 3100. The fraction of sp³-hybridized carbons (Fsp3) is 0.0377. The first-order valence-corrected chi connectivity index (χ1v) is 19.6. The van der Waals surface area contributed by atoms with E-state index in [4.69, 9.17) is 9.40 Å². The lowest BCUT2D eigenvalue weighted by Crippen LogP contribution is -2.30. The molecule has 0 fully saturated rings. The zero-order valence-corrected chi connectivity index (χ0v) is 31.2. The maximum Gasteiger partial charge on any atom is 0.227 e. The summed E-state index contributed by atoms with van der Waals surface area (Å²) in [5.74, 6) is 0.637. The number of fused-ring (bicyclic) bond motifs is 6. The lowest BCUT2D eigenvalue weighted by molar-refractivity contribution is 0.620. The van der Waals surface area contributed by atoms with Crippen molar-refractivity contribution in [3.63, 3.8) is 0 Å². The van der Waals surface area contributed by atoms with E-state index < -0.39 is 0 Å². The van der Waals surface area contributed by atoms with E-state index in [-0.39, 0.29) is 6.04 Å². The van der Waals surface area contributed by atoms with Crippen LogP contribution in [0.2, 0.25) is 0 Å². The summed E-state index contributed by atoms with van der Waals surface area (Å²) in [6, 6.07) is 67.0. The Morgan fingerprint density at radius 3 is 1.84 bits per heavy atom. The van der Waals surface area contributed by atoms with E-state index in [1.54, 1.807) is 0 Å². The van der Waals surface area contributed by atoms with Gasteiger partial charge in [-0.1, -0.05) is 140 Å². The molecule has 10 aromatic rings. The van der Waals surface area contributed by atoms with Gasteiger partial charge in [-0.15, -0.1) is 0 Å². The fourth-order valence-corrected chi connectivity index (χ4v) is 8.56. The summed E-state index contributed by atoms with van der Waals surface area (Å²) in [6.07, 6.45) is 7.93. The molecule has 4 nitrogen and oxygen atoms in total. The normalized spacial score (nSPS) is 14.1. The third kappa shape index (κ3) is 5.82. The van der Waals surface area contributed by atoms with Crippen LogP contribution in [-0.2, 0) is 0 Å². The molecule has 11 rings (SSSR count). The topological polar surface area (TPSA) is 34.2 Å². The molecule has 0 spiro atoms. The SMILES string of the molecule is C1=CC(N(c2ccc(-c3ccc4ccc5oc(-c6ccccc6)nc5c4c3)cc2)c2cccc(-c3ccccc3)c2)CC=C1n1c2ccccc2c2ccccc21. The van der Waals surface area contributed by atoms with Crippen molar-refractivity contribution in [2.24, 2.45) is 0 Å². The number of benzene rings is 8. The van der Waals surface area contributed by atoms with Crippen molar-refractivity contribution in [2.45, 2.75) is 12.5 Å². The van der Waals surface area contributed by atoms with E-state index in [2.05, 4.69) is 179 Å². The molecule has 0 aliphatic heterocycles. The molecular weight excluding hydrogens is 695 g/mol. The van der Waals surface area contributed by atoms with E-state index in [0.717, 1.165) is 56.4 Å². The Hall–Kier alpha value is -7.43. The second-order valence-corrected chi connectivity index (χ2v) is 14.7. The third-order valence-corrected chi connectivity index (χ3v) is 11.3. The van der Waals surface area contributed by atoms with E-state index >= 15 is 0 Å². The zero-order valence-electron chi connectivity index (χ0n) is 31.2. The lowest BCUT2D eigenvalue weighted by atomic mass is 9.98. The second-order valence-electron chi connectivity index (χ2n) is 14.7. The van der Waals surface area contributed by atoms with Gasteiger partial charge in [0.2, 0.25) is 5.89 Å². The Labute approximate surface area is 330 Å². The summed E-state index contributed by atoms with van der Waals surface area (Å²) in [7, 11) is 0. The summed E-state index contributed by atoms with van der Waals surface area (Å²) in [4.78, 5) is 7.45. The van der Waals surface area contributed by atoms with E-state index in [1.807, 2.05) is 36.4 Å². The third-order valence-electron chi connectivity index (χ3n) is 11.3. The van der Waals surface area contributed by atoms with Crippen molar-refractivity contribution in [3.05, 3.63) is 206 Å². The minimum atomic E-state index is 0.110. The van der Waals surface area contributed by atoms with Crippen molar-refractivity contribution in [1.29, 1.82) is 0 Å². The van der Waals surface area contributed by atoms with Crippen LogP contribution in [0.3, 0.4) is 0 Å². The van der Waals surface area contributed by atoms with Crippen molar-refractivity contribution < 1.29 is 4.42 Å². The highest BCUT2D eigenvalue weighted by atomic mass is 16.3. The number of oxazole rings is 1. The molecule has 1 atom stereocenters. The first-order valence-electron chi connectivity index (χ1n) is 19.6. The number of para-hydroxylation sites is 2. The molecule has 57 heavy (non-hydrogen) atoms. The molecule has 0 radical (unpaired) electrons. The summed E-state index contributed by atoms with van der Waals surface area (Å²) in [5.41, 5.74) is 13.3. The van der Waals surface area contributed by atoms with Gasteiger partial charge in [0.25, 0.3) is 0 Å². The van der Waals surface area contributed by atoms with Gasteiger partial charge in [-0.2, -0.15) is 0 Å². The van der Waals surface area contributed by atoms with Gasteiger partial charge in [0.15, 0.2) is 5.58 Å². The number of allylic oxidation sites excluding steroid dienone is 2. The number of anilines is 2. The predicted octanol–water partition coefficient (Wildman–Crippen LogP) is 14.1. The molecule has 1 aliphatic rings. The van der Waals surface area contributed by atoms with Crippen LogP contribution in [0.4, 0.5) is 11.4 Å². The van der Waals surface area contributed by atoms with Crippen LogP contribution in [0.5, 0.6) is 0 Å². The smallest absolute Gasteiger partial charge is 0.227 e. The standard InChI is InChI=1S/C53H37N3O/c1-3-12-36(13-4-1)40-16-11-17-45(34-40)55(43-29-31-44(32-30-43)56-49-20-9-7-18-46(49)47-19-8-10-21-50(47)56)42-27-24-37(25-28-42)41-23-22-38-26-33-51-52(48(38)35-41)54-53(57-51)39-14-5-2-6-15-39/h1-29,31-35,43H,30H2. The Morgan fingerprint density at radius 1 is 0.509 bits per heavy atom. The quantitative estimate of drug-likeness (QED) is 0.164. The van der Waals surface area contributed by atoms with Crippen molar-refractivity contribution in [2.75, 3.05) is 4.90 Å². The van der Waals surface area contributed by atoms with Crippen LogP contribution in [0.25, 0.3) is 83.1 Å². The minimum absolute atomic E-state index is 0.110. The van der Waals surface area contributed by atoms with Gasteiger partial charge in [-0.3, -0.25) is 0 Å². The number of hydrogen-bond acceptors (Lipinski definition) is 3. The fourth-order valence-electron chi connectivity index (χ4n) is 8.56. The van der Waals surface area contributed by atoms with Gasteiger partial charge in [-0.25, -0.2) is 4.98 Å². The van der Waals surface area contributed by atoms with Crippen LogP contribution < -0.4 is 4.90 Å². The Kier molecular flexibility index (Phi) is 7.92. The Balaban J connectivity index is 0.966. The van der Waals surface area contributed by atoms with Crippen LogP contribution in [-0.4, -0.2) is 15.6 Å². The van der Waals surface area contributed by atoms with Gasteiger partial charge in [-0.05, 0) is 101 Å². The largest absolute Gasteiger partial charge is 0.436 e. The second kappa shape index (κ2) is 13.7. The molecule has 0 bridgehead atoms. The van der Waals surface area contributed by atoms with Crippen LogP contribution >= 0.6 is 0 Å². The number of rotatable bonds is 7. The average molecular weight is 732 g/mol. The first kappa shape index (κ1) is 33.0. The van der Waals surface area contributed by atoms with E-state index in [1.165, 1.54) is 38.6 Å². The highest BCUT2D eigenvalue weighted by molar-refractivity contribution is 6.10. The van der Waals surface area contributed by atoms with Crippen LogP contribution in [0.1, 0.15) is 6.42 Å². The van der Waals surface area contributed by atoms with Gasteiger partial charge in [0, 0.05) is 38.8 Å². The van der Waals surface area contributed by atoms with Crippen molar-refractivity contribution in [3.8, 4) is 33.7 Å². The molecule has 1 aliphatic carbocycles. The molecule has 1 unspecified atom stereocenters. The first-order chi connectivity index (χ1) is 28.2. The van der Waals surface area contributed by atoms with Gasteiger partial charge < -0.3 is 13.9 Å². The predicted molar refractivity (Wildman–Crippen MR) is 238 cm³/mol. The summed E-state index contributed by atoms with van der Waals surface area (Å²) in [5, 5.41) is 4.77. The molecule has 4 heteroatoms. The van der Waals surface area contributed by atoms with Crippen LogP contribution in [0, 0.1) is 0 Å². The molecule has 0 amide bonds. The van der Waals surface area contributed by atoms with Crippen LogP contribution in [0.15, 0.2) is 211 Å². The molecule has 0 saturated heterocycles. The van der Waals surface area contributed by atoms with Crippen molar-refractivity contribution in [1.82, 2.24) is 9.55 Å². The number of hydrogen-bond donors (Lipinski definition) is 0. The lowest BCUT2D eigenvalue weighted by Gasteiger charge is -2.34. The molecule has 0 saturated carbocycles. The minimum Gasteiger partial charge on any atom is -0.436 e. The average Bonchev–Trinajstić information content (AvgIpc) is 3.88. The monoisotopic (exact) mass is 731 g/mol. The van der Waals surface area contributed by atoms with Gasteiger partial charge >= 0.3 is 0 Å². The summed E-state index contributed by atoms with van der Waals surface area (Å²) < 4.78 is 8.63. The number of nitrogens with zero attached hydrogens (tertiary/aromatic N) is 3. The zero-order chi connectivity index (χ0) is 37.7. The Morgan fingerprint density at radius 2 is 1.12 bits per heavy atom. The molecule has 0 N–H and O–H groups in total. The molecule has 8 aromatic carbocycles. The maximum atomic E-state index is 6.22. The highest BCUT2D eigenvalue weighted by Crippen LogP contribution is 2.39. The summed E-state index contributed by atoms with van der Waals surface area (Å²) in [6.45, 7) is 0. The van der Waals surface area contributed by atoms with E-state index in [0.29, 0.717) is 5.89 Å². The highest BCUT2D eigenvalue weighted by Gasteiger charge is 2.23. The molecule has 2 aromatic heterocycles.